The lowest BCUT2D eigenvalue weighted by Crippen LogP contribution is -2.48. The second-order valence-corrected chi connectivity index (χ2v) is 9.39. The Morgan fingerprint density at radius 3 is 2.48 bits per heavy atom. The standard InChI is InChI=1S/C20H24F2N4O3S.CH4/c1-3-30(28,29)26-10-8-16(9-11-26)25(2)20(27)24-15-5-7-19(23-13-15)17-12-14(21)4-6-18(17)22;/h4-7,12-13,16H,3,8-11H2,1-2H3,(H,24,27);1H4. The zero-order valence-electron chi connectivity index (χ0n) is 16.8. The molecule has 3 rings (SSSR count). The highest BCUT2D eigenvalue weighted by Crippen LogP contribution is 2.23. The number of benzene rings is 1. The number of carbonyl (C=O) groups is 1. The van der Waals surface area contributed by atoms with Crippen molar-refractivity contribution in [2.45, 2.75) is 33.2 Å². The van der Waals surface area contributed by atoms with Gasteiger partial charge in [0.05, 0.1) is 23.3 Å². The van der Waals surface area contributed by atoms with Gasteiger partial charge in [0.15, 0.2) is 0 Å². The average Bonchev–Trinajstić information content (AvgIpc) is 2.75. The molecule has 1 aliphatic heterocycles. The van der Waals surface area contributed by atoms with Gasteiger partial charge in [-0.3, -0.25) is 4.98 Å². The van der Waals surface area contributed by atoms with Crippen LogP contribution in [0.4, 0.5) is 19.3 Å². The third kappa shape index (κ3) is 5.76. The third-order valence-electron chi connectivity index (χ3n) is 5.27. The van der Waals surface area contributed by atoms with E-state index in [-0.39, 0.29) is 36.5 Å². The number of hydrogen-bond acceptors (Lipinski definition) is 4. The molecule has 0 spiro atoms. The summed E-state index contributed by atoms with van der Waals surface area (Å²) in [4.78, 5) is 18.2. The number of nitrogens with one attached hydrogen (secondary N) is 1. The van der Waals surface area contributed by atoms with Crippen LogP contribution in [0, 0.1) is 11.6 Å². The largest absolute Gasteiger partial charge is 0.325 e. The first-order valence-corrected chi connectivity index (χ1v) is 11.3. The highest BCUT2D eigenvalue weighted by atomic mass is 32.2. The molecule has 0 atom stereocenters. The molecule has 1 saturated heterocycles. The van der Waals surface area contributed by atoms with Gasteiger partial charge in [-0.05, 0) is 50.1 Å². The zero-order chi connectivity index (χ0) is 21.9. The predicted octanol–water partition coefficient (Wildman–Crippen LogP) is 3.94. The Bertz CT molecular complexity index is 1010. The van der Waals surface area contributed by atoms with Gasteiger partial charge < -0.3 is 10.2 Å². The SMILES string of the molecule is C.CCS(=O)(=O)N1CCC(N(C)C(=O)Nc2ccc(-c3cc(F)ccc3F)nc2)CC1. The van der Waals surface area contributed by atoms with Crippen LogP contribution in [0.3, 0.4) is 0 Å². The van der Waals surface area contributed by atoms with Gasteiger partial charge in [-0.2, -0.15) is 0 Å². The molecule has 1 N–H and O–H groups in total. The van der Waals surface area contributed by atoms with Gasteiger partial charge in [-0.25, -0.2) is 26.3 Å². The van der Waals surface area contributed by atoms with E-state index in [0.717, 1.165) is 18.2 Å². The van der Waals surface area contributed by atoms with E-state index in [2.05, 4.69) is 10.3 Å². The fourth-order valence-corrected chi connectivity index (χ4v) is 4.52. The predicted molar refractivity (Wildman–Crippen MR) is 117 cm³/mol. The van der Waals surface area contributed by atoms with Gasteiger partial charge in [0.25, 0.3) is 0 Å². The number of piperidine rings is 1. The molecule has 2 aromatic rings. The summed E-state index contributed by atoms with van der Waals surface area (Å²) in [5, 5.41) is 2.72. The molecule has 7 nitrogen and oxygen atoms in total. The number of sulfonamides is 1. The van der Waals surface area contributed by atoms with Crippen LogP contribution in [0.5, 0.6) is 0 Å². The molecule has 0 radical (unpaired) electrons. The smallest absolute Gasteiger partial charge is 0.321 e. The summed E-state index contributed by atoms with van der Waals surface area (Å²) in [6, 6.07) is 5.77. The summed E-state index contributed by atoms with van der Waals surface area (Å²) in [6.07, 6.45) is 2.49. The maximum Gasteiger partial charge on any atom is 0.321 e. The minimum atomic E-state index is -3.22. The second kappa shape index (κ2) is 10.1. The van der Waals surface area contributed by atoms with Crippen molar-refractivity contribution in [3.63, 3.8) is 0 Å². The number of carbonyl (C=O) groups excluding carboxylic acids is 1. The first-order chi connectivity index (χ1) is 14.2. The molecule has 0 saturated carbocycles. The van der Waals surface area contributed by atoms with Gasteiger partial charge in [-0.1, -0.05) is 7.43 Å². The monoisotopic (exact) mass is 454 g/mol. The normalized spacial score (nSPS) is 15.2. The number of pyridine rings is 1. The Balaban J connectivity index is 0.00000341. The van der Waals surface area contributed by atoms with Crippen LogP contribution in [0.2, 0.25) is 0 Å². The van der Waals surface area contributed by atoms with Crippen molar-refractivity contribution in [3.05, 3.63) is 48.2 Å². The summed E-state index contributed by atoms with van der Waals surface area (Å²) in [6.45, 7) is 2.38. The van der Waals surface area contributed by atoms with Crippen LogP contribution in [-0.2, 0) is 10.0 Å². The van der Waals surface area contributed by atoms with E-state index >= 15 is 0 Å². The molecule has 1 aliphatic rings. The zero-order valence-corrected chi connectivity index (χ0v) is 17.6. The lowest BCUT2D eigenvalue weighted by atomic mass is 10.1. The molecular weight excluding hydrogens is 426 g/mol. The van der Waals surface area contributed by atoms with Crippen molar-refractivity contribution >= 4 is 21.7 Å². The molecule has 0 bridgehead atoms. The first-order valence-electron chi connectivity index (χ1n) is 9.64. The first kappa shape index (κ1) is 24.7. The summed E-state index contributed by atoms with van der Waals surface area (Å²) < 4.78 is 52.6. The molecule has 2 heterocycles. The number of halogens is 2. The van der Waals surface area contributed by atoms with Crippen molar-refractivity contribution < 1.29 is 22.0 Å². The van der Waals surface area contributed by atoms with Crippen LogP contribution in [0.1, 0.15) is 27.2 Å². The molecule has 31 heavy (non-hydrogen) atoms. The van der Waals surface area contributed by atoms with Crippen LogP contribution < -0.4 is 5.32 Å². The summed E-state index contributed by atoms with van der Waals surface area (Å²) in [7, 11) is -1.56. The number of anilines is 1. The van der Waals surface area contributed by atoms with Crippen molar-refractivity contribution in [1.82, 2.24) is 14.2 Å². The molecule has 1 aromatic carbocycles. The molecule has 0 aliphatic carbocycles. The topological polar surface area (TPSA) is 82.6 Å². The molecule has 1 fully saturated rings. The number of amides is 2. The number of aromatic nitrogens is 1. The maximum absolute atomic E-state index is 13.9. The lowest BCUT2D eigenvalue weighted by molar-refractivity contribution is 0.174. The van der Waals surface area contributed by atoms with Gasteiger partial charge in [-0.15, -0.1) is 0 Å². The third-order valence-corrected chi connectivity index (χ3v) is 7.15. The molecule has 10 heteroatoms. The van der Waals surface area contributed by atoms with E-state index in [1.807, 2.05) is 0 Å². The van der Waals surface area contributed by atoms with Gasteiger partial charge in [0.1, 0.15) is 11.6 Å². The van der Waals surface area contributed by atoms with Crippen LogP contribution >= 0.6 is 0 Å². The Morgan fingerprint density at radius 2 is 1.90 bits per heavy atom. The quantitative estimate of drug-likeness (QED) is 0.742. The molecule has 1 aromatic heterocycles. The molecule has 170 valence electrons. The molecule has 2 amide bonds. The number of urea groups is 1. The number of nitrogens with zero attached hydrogens (tertiary/aromatic N) is 3. The summed E-state index contributed by atoms with van der Waals surface area (Å²) in [5.74, 6) is -1.09. The van der Waals surface area contributed by atoms with Crippen LogP contribution in [0.15, 0.2) is 36.5 Å². The van der Waals surface area contributed by atoms with Crippen molar-refractivity contribution in [2.75, 3.05) is 31.2 Å². The van der Waals surface area contributed by atoms with Gasteiger partial charge in [0.2, 0.25) is 10.0 Å². The van der Waals surface area contributed by atoms with E-state index in [0.29, 0.717) is 31.6 Å². The second-order valence-electron chi connectivity index (χ2n) is 7.13. The van der Waals surface area contributed by atoms with Crippen LogP contribution in [-0.4, -0.2) is 60.6 Å². The van der Waals surface area contributed by atoms with Crippen molar-refractivity contribution in [3.8, 4) is 11.3 Å². The molecular formula is C21H28F2N4O3S. The van der Waals surface area contributed by atoms with E-state index < -0.39 is 21.7 Å². The Kier molecular flexibility index (Phi) is 8.08. The van der Waals surface area contributed by atoms with Crippen LogP contribution in [0.25, 0.3) is 11.3 Å². The minimum Gasteiger partial charge on any atom is -0.325 e. The number of hydrogen-bond donors (Lipinski definition) is 1. The van der Waals surface area contributed by atoms with E-state index in [1.165, 1.54) is 16.6 Å². The van der Waals surface area contributed by atoms with Gasteiger partial charge >= 0.3 is 6.03 Å². The highest BCUT2D eigenvalue weighted by Gasteiger charge is 2.30. The maximum atomic E-state index is 13.9. The Labute approximate surface area is 182 Å². The lowest BCUT2D eigenvalue weighted by Gasteiger charge is -2.35. The minimum absolute atomic E-state index is 0. The Morgan fingerprint density at radius 1 is 1.23 bits per heavy atom. The van der Waals surface area contributed by atoms with E-state index in [9.17, 15) is 22.0 Å². The number of rotatable bonds is 5. The average molecular weight is 455 g/mol. The van der Waals surface area contributed by atoms with Crippen molar-refractivity contribution in [2.24, 2.45) is 0 Å². The van der Waals surface area contributed by atoms with Gasteiger partial charge in [0, 0.05) is 31.7 Å². The molecule has 0 unspecified atom stereocenters. The highest BCUT2D eigenvalue weighted by molar-refractivity contribution is 7.89. The fourth-order valence-electron chi connectivity index (χ4n) is 3.39. The van der Waals surface area contributed by atoms with E-state index in [1.54, 1.807) is 24.9 Å². The van der Waals surface area contributed by atoms with Crippen molar-refractivity contribution in [1.29, 1.82) is 0 Å². The summed E-state index contributed by atoms with van der Waals surface area (Å²) >= 11 is 0. The summed E-state index contributed by atoms with van der Waals surface area (Å²) in [5.41, 5.74) is 0.708. The Hall–Kier alpha value is -2.59. The fraction of sp³-hybridized carbons (Fsp3) is 0.429. The van der Waals surface area contributed by atoms with E-state index in [4.69, 9.17) is 0 Å².